The van der Waals surface area contributed by atoms with Gasteiger partial charge in [0.05, 0.1) is 13.2 Å². The van der Waals surface area contributed by atoms with Crippen LogP contribution in [0.25, 0.3) is 0 Å². The van der Waals surface area contributed by atoms with Crippen LogP contribution in [0.1, 0.15) is 26.2 Å². The lowest BCUT2D eigenvalue weighted by Gasteiger charge is -2.26. The minimum Gasteiger partial charge on any atom is -0.460 e. The zero-order chi connectivity index (χ0) is 21.7. The first-order valence-electron chi connectivity index (χ1n) is 11.1. The summed E-state index contributed by atoms with van der Waals surface area (Å²) in [5.41, 5.74) is 6.14. The largest absolute Gasteiger partial charge is 0.460 e. The summed E-state index contributed by atoms with van der Waals surface area (Å²) < 4.78 is 11.0. The number of hydrogen-bond donors (Lipinski definition) is 6. The van der Waals surface area contributed by atoms with E-state index in [1.165, 1.54) is 0 Å². The molecular weight excluding hydrogens is 392 g/mol. The van der Waals surface area contributed by atoms with Gasteiger partial charge in [0.25, 0.3) is 0 Å². The Bertz CT molecular complexity index is 402. The molecule has 11 nitrogen and oxygen atoms in total. The second kappa shape index (κ2) is 20.0. The molecule has 0 aromatic heterocycles. The summed E-state index contributed by atoms with van der Waals surface area (Å²) in [5.74, 6) is -0.164. The van der Waals surface area contributed by atoms with E-state index >= 15 is 0 Å². The molecule has 0 radical (unpaired) electrons. The minimum atomic E-state index is -0.256. The maximum absolute atomic E-state index is 12.3. The van der Waals surface area contributed by atoms with Crippen molar-refractivity contribution in [1.29, 1.82) is 0 Å². The summed E-state index contributed by atoms with van der Waals surface area (Å²) in [6.45, 7) is 11.6. The van der Waals surface area contributed by atoms with Gasteiger partial charge in [-0.1, -0.05) is 6.92 Å². The van der Waals surface area contributed by atoms with Crippen molar-refractivity contribution >= 4 is 5.97 Å². The molecule has 0 aliphatic carbocycles. The molecule has 6 N–H and O–H groups in total. The average molecular weight is 435 g/mol. The van der Waals surface area contributed by atoms with Crippen LogP contribution in [0.15, 0.2) is 0 Å². The monoisotopic (exact) mass is 434 g/mol. The van der Waals surface area contributed by atoms with E-state index in [0.29, 0.717) is 32.6 Å². The molecule has 30 heavy (non-hydrogen) atoms. The quantitative estimate of drug-likeness (QED) is 0.0451. The van der Waals surface area contributed by atoms with Gasteiger partial charge in [-0.05, 0) is 25.9 Å². The van der Waals surface area contributed by atoms with Gasteiger partial charge in [0.15, 0.2) is 0 Å². The Morgan fingerprint density at radius 1 is 1.03 bits per heavy atom. The van der Waals surface area contributed by atoms with Gasteiger partial charge in [0.1, 0.15) is 12.8 Å². The number of rotatable bonds is 20. The Hall–Kier alpha value is -0.890. The van der Waals surface area contributed by atoms with Crippen molar-refractivity contribution in [3.8, 4) is 0 Å². The topological polar surface area (TPSA) is 128 Å². The first kappa shape index (κ1) is 27.1. The maximum Gasteiger partial charge on any atom is 0.306 e. The van der Waals surface area contributed by atoms with Crippen molar-refractivity contribution in [2.24, 2.45) is 0 Å². The molecule has 1 saturated heterocycles. The van der Waals surface area contributed by atoms with Gasteiger partial charge in [0, 0.05) is 58.8 Å². The molecule has 1 unspecified atom stereocenters. The lowest BCUT2D eigenvalue weighted by Crippen LogP contribution is -2.46. The SMILES string of the molecule is CCCNCCNCC(CNNCCNCOO)OC(=O)CCCN1CCOCC1. The van der Waals surface area contributed by atoms with Crippen molar-refractivity contribution in [2.75, 3.05) is 85.4 Å². The smallest absolute Gasteiger partial charge is 0.306 e. The predicted octanol–water partition coefficient (Wildman–Crippen LogP) is -1.27. The van der Waals surface area contributed by atoms with E-state index < -0.39 is 0 Å². The Kier molecular flexibility index (Phi) is 18.1. The third-order valence-electron chi connectivity index (χ3n) is 4.58. The van der Waals surface area contributed by atoms with Crippen molar-refractivity contribution in [2.45, 2.75) is 32.3 Å². The number of carbonyl (C=O) groups excluding carboxylic acids is 1. The fourth-order valence-corrected chi connectivity index (χ4v) is 2.96. The Morgan fingerprint density at radius 3 is 2.57 bits per heavy atom. The Morgan fingerprint density at radius 2 is 1.80 bits per heavy atom. The zero-order valence-electron chi connectivity index (χ0n) is 18.4. The van der Waals surface area contributed by atoms with E-state index in [9.17, 15) is 4.79 Å². The van der Waals surface area contributed by atoms with Gasteiger partial charge in [-0.15, -0.1) is 0 Å². The Balaban J connectivity index is 2.21. The summed E-state index contributed by atoms with van der Waals surface area (Å²) in [6, 6.07) is 0. The summed E-state index contributed by atoms with van der Waals surface area (Å²) >= 11 is 0. The van der Waals surface area contributed by atoms with Crippen molar-refractivity contribution in [3.63, 3.8) is 0 Å². The van der Waals surface area contributed by atoms with Crippen LogP contribution < -0.4 is 26.8 Å². The minimum absolute atomic E-state index is 0.0857. The van der Waals surface area contributed by atoms with Crippen molar-refractivity contribution in [1.82, 2.24) is 31.7 Å². The highest BCUT2D eigenvalue weighted by Crippen LogP contribution is 2.02. The van der Waals surface area contributed by atoms with Gasteiger partial charge >= 0.3 is 5.97 Å². The van der Waals surface area contributed by atoms with E-state index in [4.69, 9.17) is 14.7 Å². The van der Waals surface area contributed by atoms with Crippen LogP contribution in [0.5, 0.6) is 0 Å². The first-order chi connectivity index (χ1) is 14.8. The molecule has 0 bridgehead atoms. The molecule has 11 heteroatoms. The summed E-state index contributed by atoms with van der Waals surface area (Å²) in [4.78, 5) is 18.5. The van der Waals surface area contributed by atoms with Gasteiger partial charge in [-0.3, -0.25) is 31.1 Å². The fraction of sp³-hybridized carbons (Fsp3) is 0.947. The van der Waals surface area contributed by atoms with Crippen LogP contribution in [0.2, 0.25) is 0 Å². The number of nitrogens with one attached hydrogen (secondary N) is 5. The van der Waals surface area contributed by atoms with Crippen LogP contribution in [0.3, 0.4) is 0 Å². The number of morpholine rings is 1. The molecule has 1 aliphatic rings. The van der Waals surface area contributed by atoms with Crippen LogP contribution in [0.4, 0.5) is 0 Å². The summed E-state index contributed by atoms with van der Waals surface area (Å²) in [7, 11) is 0. The molecule has 0 amide bonds. The number of nitrogens with zero attached hydrogens (tertiary/aromatic N) is 1. The number of hydrazine groups is 1. The van der Waals surface area contributed by atoms with Crippen LogP contribution in [-0.2, 0) is 19.2 Å². The third-order valence-corrected chi connectivity index (χ3v) is 4.58. The van der Waals surface area contributed by atoms with Crippen molar-refractivity contribution < 1.29 is 24.4 Å². The van der Waals surface area contributed by atoms with E-state index in [0.717, 1.165) is 65.3 Å². The first-order valence-corrected chi connectivity index (χ1v) is 11.1. The van der Waals surface area contributed by atoms with Crippen LogP contribution in [0, 0.1) is 0 Å². The molecule has 0 aromatic carbocycles. The maximum atomic E-state index is 12.3. The molecular formula is C19H42N6O5. The molecule has 1 aliphatic heterocycles. The Labute approximate surface area is 180 Å². The van der Waals surface area contributed by atoms with Gasteiger partial charge in [0.2, 0.25) is 0 Å². The molecule has 0 aromatic rings. The number of carbonyl (C=O) groups is 1. The molecule has 1 rings (SSSR count). The molecule has 178 valence electrons. The van der Waals surface area contributed by atoms with Crippen molar-refractivity contribution in [3.05, 3.63) is 0 Å². The molecule has 1 heterocycles. The number of esters is 1. The second-order valence-corrected chi connectivity index (χ2v) is 7.20. The van der Waals surface area contributed by atoms with Gasteiger partial charge < -0.3 is 20.1 Å². The highest BCUT2D eigenvalue weighted by Gasteiger charge is 2.15. The standard InChI is InChI=1S/C19H42N6O5/c1-2-5-20-6-7-21-15-18(16-24-23-9-8-22-17-29-27)30-19(26)4-3-10-25-11-13-28-14-12-25/h18,20-24,27H,2-17H2,1H3. The van der Waals surface area contributed by atoms with E-state index in [-0.39, 0.29) is 18.8 Å². The van der Waals surface area contributed by atoms with E-state index in [1.54, 1.807) is 0 Å². The molecule has 0 spiro atoms. The number of hydrogen-bond acceptors (Lipinski definition) is 11. The highest BCUT2D eigenvalue weighted by atomic mass is 17.1. The fourth-order valence-electron chi connectivity index (χ4n) is 2.96. The van der Waals surface area contributed by atoms with Gasteiger partial charge in [-0.25, -0.2) is 4.89 Å². The van der Waals surface area contributed by atoms with Crippen LogP contribution >= 0.6 is 0 Å². The van der Waals surface area contributed by atoms with E-state index in [1.807, 2.05) is 0 Å². The summed E-state index contributed by atoms with van der Waals surface area (Å²) in [6.07, 6.45) is 2.07. The normalized spacial score (nSPS) is 15.9. The van der Waals surface area contributed by atoms with Gasteiger partial charge in [-0.2, -0.15) is 0 Å². The highest BCUT2D eigenvalue weighted by molar-refractivity contribution is 5.69. The average Bonchev–Trinajstić information content (AvgIpc) is 2.76. The van der Waals surface area contributed by atoms with E-state index in [2.05, 4.69) is 43.5 Å². The van der Waals surface area contributed by atoms with Crippen LogP contribution in [-0.4, -0.2) is 108 Å². The molecule has 0 saturated carbocycles. The second-order valence-electron chi connectivity index (χ2n) is 7.20. The zero-order valence-corrected chi connectivity index (χ0v) is 18.4. The lowest BCUT2D eigenvalue weighted by molar-refractivity contribution is -0.247. The number of ether oxygens (including phenoxy) is 2. The third kappa shape index (κ3) is 15.9. The molecule has 1 fully saturated rings. The molecule has 1 atom stereocenters. The predicted molar refractivity (Wildman–Crippen MR) is 115 cm³/mol. The summed E-state index contributed by atoms with van der Waals surface area (Å²) in [5, 5.41) is 17.8. The lowest BCUT2D eigenvalue weighted by atomic mass is 10.2.